The van der Waals surface area contributed by atoms with Crippen molar-refractivity contribution in [1.82, 2.24) is 4.31 Å². The molecule has 2 N–H and O–H groups in total. The molecule has 96 valence electrons. The molecule has 0 aliphatic rings. The molecule has 0 rings (SSSR count). The second kappa shape index (κ2) is 7.16. The molecule has 0 radical (unpaired) electrons. The Labute approximate surface area is 103 Å². The van der Waals surface area contributed by atoms with Gasteiger partial charge < -0.3 is 10.5 Å². The van der Waals surface area contributed by atoms with Gasteiger partial charge in [0, 0.05) is 20.2 Å². The van der Waals surface area contributed by atoms with Gasteiger partial charge in [-0.25, -0.2) is 8.42 Å². The highest BCUT2D eigenvalue weighted by Gasteiger charge is 2.23. The first-order valence-corrected chi connectivity index (χ1v) is 7.06. The summed E-state index contributed by atoms with van der Waals surface area (Å²) in [6.45, 7) is 5.06. The number of hydrogen-bond donors (Lipinski definition) is 1. The van der Waals surface area contributed by atoms with E-state index in [-0.39, 0.29) is 16.7 Å². The number of nitrogens with zero attached hydrogens (tertiary/aromatic N) is 1. The minimum absolute atomic E-state index is 0.00817. The van der Waals surface area contributed by atoms with Gasteiger partial charge in [-0.15, -0.1) is 0 Å². The normalized spacial score (nSPS) is 12.3. The predicted molar refractivity (Wildman–Crippen MR) is 68.9 cm³/mol. The summed E-state index contributed by atoms with van der Waals surface area (Å²) in [5.74, 6) is -0.0309. The number of nitrogens with two attached hydrogens (primary N) is 1. The molecule has 0 unspecified atom stereocenters. The highest BCUT2D eigenvalue weighted by Crippen LogP contribution is 2.06. The first-order valence-electron chi connectivity index (χ1n) is 5.04. The summed E-state index contributed by atoms with van der Waals surface area (Å²) in [5.41, 5.74) is 5.27. The molecular weight excluding hydrogens is 248 g/mol. The third-order valence-corrected chi connectivity index (χ3v) is 3.95. The monoisotopic (exact) mass is 268 g/mol. The first kappa shape index (κ1) is 15.8. The Morgan fingerprint density at radius 3 is 2.44 bits per heavy atom. The minimum atomic E-state index is -3.40. The highest BCUT2D eigenvalue weighted by molar-refractivity contribution is 7.92. The third kappa shape index (κ3) is 6.37. The maximum absolute atomic E-state index is 11.9. The van der Waals surface area contributed by atoms with Gasteiger partial charge in [0.2, 0.25) is 10.0 Å². The number of thiocarbonyl (C=S) groups is 1. The van der Waals surface area contributed by atoms with Crippen LogP contribution in [-0.2, 0) is 14.8 Å². The van der Waals surface area contributed by atoms with Gasteiger partial charge in [0.25, 0.3) is 0 Å². The van der Waals surface area contributed by atoms with Crippen molar-refractivity contribution in [2.75, 3.05) is 32.6 Å². The molecule has 0 aromatic heterocycles. The second-order valence-electron chi connectivity index (χ2n) is 3.97. The summed E-state index contributed by atoms with van der Waals surface area (Å²) < 4.78 is 30.0. The lowest BCUT2D eigenvalue weighted by Crippen LogP contribution is -2.40. The van der Waals surface area contributed by atoms with Crippen LogP contribution in [-0.4, -0.2) is 50.3 Å². The van der Waals surface area contributed by atoms with Gasteiger partial charge in [-0.3, -0.25) is 0 Å². The van der Waals surface area contributed by atoms with Crippen LogP contribution in [0, 0.1) is 5.92 Å². The Morgan fingerprint density at radius 1 is 1.50 bits per heavy atom. The lowest BCUT2D eigenvalue weighted by Gasteiger charge is -2.23. The SMILES string of the molecule is COCCN(CC(C)C)S(=O)(=O)CC(N)=S. The van der Waals surface area contributed by atoms with Crippen LogP contribution in [0.3, 0.4) is 0 Å². The summed E-state index contributed by atoms with van der Waals surface area (Å²) in [6.07, 6.45) is 0. The molecule has 0 atom stereocenters. The Morgan fingerprint density at radius 2 is 2.06 bits per heavy atom. The fourth-order valence-corrected chi connectivity index (χ4v) is 3.08. The second-order valence-corrected chi connectivity index (χ2v) is 6.46. The van der Waals surface area contributed by atoms with Gasteiger partial charge >= 0.3 is 0 Å². The average molecular weight is 268 g/mol. The van der Waals surface area contributed by atoms with Gasteiger partial charge in [0.15, 0.2) is 0 Å². The topological polar surface area (TPSA) is 72.6 Å². The van der Waals surface area contributed by atoms with Crippen LogP contribution in [0.25, 0.3) is 0 Å². The first-order chi connectivity index (χ1) is 7.29. The molecule has 0 spiro atoms. The fourth-order valence-electron chi connectivity index (χ4n) is 1.22. The molecule has 0 aliphatic carbocycles. The van der Waals surface area contributed by atoms with E-state index in [4.69, 9.17) is 10.5 Å². The van der Waals surface area contributed by atoms with Crippen molar-refractivity contribution >= 4 is 27.2 Å². The smallest absolute Gasteiger partial charge is 0.220 e. The van der Waals surface area contributed by atoms with E-state index in [1.54, 1.807) is 0 Å². The van der Waals surface area contributed by atoms with Crippen molar-refractivity contribution in [3.05, 3.63) is 0 Å². The van der Waals surface area contributed by atoms with Crippen molar-refractivity contribution < 1.29 is 13.2 Å². The summed E-state index contributed by atoms with van der Waals surface area (Å²) in [7, 11) is -1.87. The van der Waals surface area contributed by atoms with E-state index in [1.807, 2.05) is 13.8 Å². The zero-order valence-corrected chi connectivity index (χ0v) is 11.6. The Balaban J connectivity index is 4.65. The number of ether oxygens (including phenoxy) is 1. The Bertz CT molecular complexity index is 315. The highest BCUT2D eigenvalue weighted by atomic mass is 32.2. The van der Waals surface area contributed by atoms with Crippen LogP contribution in [0.15, 0.2) is 0 Å². The molecule has 0 aromatic carbocycles. The molecule has 5 nitrogen and oxygen atoms in total. The molecule has 16 heavy (non-hydrogen) atoms. The molecule has 0 amide bonds. The van der Waals surface area contributed by atoms with E-state index in [0.29, 0.717) is 19.7 Å². The molecular formula is C9H20N2O3S2. The van der Waals surface area contributed by atoms with Crippen LogP contribution >= 0.6 is 12.2 Å². The molecule has 0 heterocycles. The number of methoxy groups -OCH3 is 1. The molecule has 0 saturated heterocycles. The summed E-state index contributed by atoms with van der Waals surface area (Å²) >= 11 is 4.63. The van der Waals surface area contributed by atoms with Crippen LogP contribution in [0.2, 0.25) is 0 Å². The minimum Gasteiger partial charge on any atom is -0.392 e. The van der Waals surface area contributed by atoms with Gasteiger partial charge in [-0.05, 0) is 5.92 Å². The zero-order valence-electron chi connectivity index (χ0n) is 9.97. The third-order valence-electron chi connectivity index (χ3n) is 1.83. The quantitative estimate of drug-likeness (QED) is 0.637. The largest absolute Gasteiger partial charge is 0.392 e. The predicted octanol–water partition coefficient (Wildman–Crippen LogP) is 0.207. The molecule has 0 fully saturated rings. The molecule has 0 saturated carbocycles. The molecule has 7 heteroatoms. The molecule has 0 aromatic rings. The van der Waals surface area contributed by atoms with Crippen molar-refractivity contribution in [3.8, 4) is 0 Å². The van der Waals surface area contributed by atoms with E-state index in [9.17, 15) is 8.42 Å². The fraction of sp³-hybridized carbons (Fsp3) is 0.889. The van der Waals surface area contributed by atoms with Crippen LogP contribution in [0.5, 0.6) is 0 Å². The number of hydrogen-bond acceptors (Lipinski definition) is 4. The Kier molecular flexibility index (Phi) is 7.05. The molecule has 0 bridgehead atoms. The number of sulfonamides is 1. The standard InChI is InChI=1S/C9H20N2O3S2/c1-8(2)6-11(4-5-14-3)16(12,13)7-9(10)15/h8H,4-7H2,1-3H3,(H2,10,15). The maximum Gasteiger partial charge on any atom is 0.220 e. The van der Waals surface area contributed by atoms with Gasteiger partial charge in [-0.2, -0.15) is 4.31 Å². The van der Waals surface area contributed by atoms with E-state index < -0.39 is 10.0 Å². The van der Waals surface area contributed by atoms with Gasteiger partial charge in [0.1, 0.15) is 5.75 Å². The summed E-state index contributed by atoms with van der Waals surface area (Å²) in [6, 6.07) is 0. The van der Waals surface area contributed by atoms with Gasteiger partial charge in [-0.1, -0.05) is 26.1 Å². The maximum atomic E-state index is 11.9. The van der Waals surface area contributed by atoms with Crippen molar-refractivity contribution in [3.63, 3.8) is 0 Å². The van der Waals surface area contributed by atoms with E-state index in [0.717, 1.165) is 0 Å². The van der Waals surface area contributed by atoms with E-state index >= 15 is 0 Å². The summed E-state index contributed by atoms with van der Waals surface area (Å²) in [4.78, 5) is -0.00817. The lowest BCUT2D eigenvalue weighted by atomic mass is 10.2. The van der Waals surface area contributed by atoms with Crippen molar-refractivity contribution in [2.45, 2.75) is 13.8 Å². The van der Waals surface area contributed by atoms with E-state index in [1.165, 1.54) is 11.4 Å². The van der Waals surface area contributed by atoms with Crippen molar-refractivity contribution in [1.29, 1.82) is 0 Å². The Hall–Kier alpha value is -0.240. The zero-order chi connectivity index (χ0) is 12.8. The van der Waals surface area contributed by atoms with Crippen LogP contribution in [0.1, 0.15) is 13.8 Å². The molecule has 0 aliphatic heterocycles. The summed E-state index contributed by atoms with van der Waals surface area (Å²) in [5, 5.41) is 0. The van der Waals surface area contributed by atoms with Crippen LogP contribution in [0.4, 0.5) is 0 Å². The number of rotatable bonds is 8. The van der Waals surface area contributed by atoms with Crippen LogP contribution < -0.4 is 5.73 Å². The average Bonchev–Trinajstić information content (AvgIpc) is 2.09. The van der Waals surface area contributed by atoms with Gasteiger partial charge in [0.05, 0.1) is 11.6 Å². The van der Waals surface area contributed by atoms with Crippen molar-refractivity contribution in [2.24, 2.45) is 11.7 Å². The lowest BCUT2D eigenvalue weighted by molar-refractivity contribution is 0.175. The van der Waals surface area contributed by atoms with E-state index in [2.05, 4.69) is 12.2 Å².